The van der Waals surface area contributed by atoms with E-state index in [0.29, 0.717) is 11.3 Å². The summed E-state index contributed by atoms with van der Waals surface area (Å²) < 4.78 is 9.53. The van der Waals surface area contributed by atoms with Gasteiger partial charge in [-0.05, 0) is 37.6 Å². The molecule has 0 bridgehead atoms. The first kappa shape index (κ1) is 16.5. The van der Waals surface area contributed by atoms with Crippen molar-refractivity contribution in [3.05, 3.63) is 52.4 Å². The van der Waals surface area contributed by atoms with Crippen molar-refractivity contribution in [3.8, 4) is 0 Å². The van der Waals surface area contributed by atoms with Crippen LogP contribution in [0.5, 0.6) is 0 Å². The Kier molecular flexibility index (Phi) is 4.95. The number of methoxy groups -OCH3 is 1. The molecule has 2 rings (SSSR count). The van der Waals surface area contributed by atoms with Crippen LogP contribution in [0, 0.1) is 0 Å². The quantitative estimate of drug-likeness (QED) is 0.863. The SMILES string of the molecule is CCOC(=O)C1=C(O)C(=Cc2ccc(C(=O)OC)cc2)N=C1C. The second-order valence-electron chi connectivity index (χ2n) is 4.78. The number of aliphatic hydroxyl groups excluding tert-OH is 1. The maximum Gasteiger partial charge on any atom is 0.343 e. The van der Waals surface area contributed by atoms with Crippen LogP contribution >= 0.6 is 0 Å². The molecular weight excluding hydrogens is 298 g/mol. The molecule has 6 nitrogen and oxygen atoms in total. The molecule has 0 aliphatic carbocycles. The van der Waals surface area contributed by atoms with Crippen LogP contribution in [0.1, 0.15) is 29.8 Å². The molecule has 1 aliphatic rings. The zero-order valence-corrected chi connectivity index (χ0v) is 13.1. The molecule has 0 amide bonds. The first-order chi connectivity index (χ1) is 11.0. The molecule has 0 atom stereocenters. The van der Waals surface area contributed by atoms with Crippen LogP contribution in [0.25, 0.3) is 6.08 Å². The van der Waals surface area contributed by atoms with Gasteiger partial charge in [0.1, 0.15) is 11.3 Å². The number of rotatable bonds is 4. The molecule has 1 N–H and O–H groups in total. The van der Waals surface area contributed by atoms with Crippen molar-refractivity contribution in [1.29, 1.82) is 0 Å². The van der Waals surface area contributed by atoms with Crippen LogP contribution in [-0.4, -0.2) is 36.5 Å². The van der Waals surface area contributed by atoms with Crippen LogP contribution in [0.2, 0.25) is 0 Å². The Morgan fingerprint density at radius 3 is 2.43 bits per heavy atom. The lowest BCUT2D eigenvalue weighted by Gasteiger charge is -2.03. The van der Waals surface area contributed by atoms with E-state index in [-0.39, 0.29) is 23.6 Å². The molecule has 1 aliphatic heterocycles. The molecule has 0 aromatic heterocycles. The van der Waals surface area contributed by atoms with Gasteiger partial charge in [-0.15, -0.1) is 0 Å². The molecule has 6 heteroatoms. The Balaban J connectivity index is 2.30. The highest BCUT2D eigenvalue weighted by atomic mass is 16.5. The first-order valence-electron chi connectivity index (χ1n) is 7.04. The molecule has 120 valence electrons. The van der Waals surface area contributed by atoms with Crippen molar-refractivity contribution in [2.75, 3.05) is 13.7 Å². The minimum atomic E-state index is -0.601. The van der Waals surface area contributed by atoms with Crippen molar-refractivity contribution in [3.63, 3.8) is 0 Å². The molecular formula is C17H17NO5. The summed E-state index contributed by atoms with van der Waals surface area (Å²) in [4.78, 5) is 27.4. The Morgan fingerprint density at radius 1 is 1.22 bits per heavy atom. The van der Waals surface area contributed by atoms with E-state index >= 15 is 0 Å². The minimum absolute atomic E-state index is 0.0734. The number of esters is 2. The van der Waals surface area contributed by atoms with Crippen LogP contribution < -0.4 is 0 Å². The molecule has 1 aromatic carbocycles. The van der Waals surface area contributed by atoms with Gasteiger partial charge in [-0.25, -0.2) is 14.6 Å². The Bertz CT molecular complexity index is 726. The highest BCUT2D eigenvalue weighted by Gasteiger charge is 2.27. The van der Waals surface area contributed by atoms with Gasteiger partial charge < -0.3 is 14.6 Å². The van der Waals surface area contributed by atoms with Crippen LogP contribution in [-0.2, 0) is 14.3 Å². The Morgan fingerprint density at radius 2 is 1.87 bits per heavy atom. The van der Waals surface area contributed by atoms with Gasteiger partial charge in [0.2, 0.25) is 0 Å². The highest BCUT2D eigenvalue weighted by molar-refractivity contribution is 6.22. The van der Waals surface area contributed by atoms with Gasteiger partial charge >= 0.3 is 11.9 Å². The molecule has 0 saturated carbocycles. The fourth-order valence-corrected chi connectivity index (χ4v) is 2.13. The van der Waals surface area contributed by atoms with E-state index in [0.717, 1.165) is 5.56 Å². The first-order valence-corrected chi connectivity index (χ1v) is 7.04. The van der Waals surface area contributed by atoms with E-state index < -0.39 is 11.9 Å². The summed E-state index contributed by atoms with van der Waals surface area (Å²) in [7, 11) is 1.31. The van der Waals surface area contributed by atoms with Crippen molar-refractivity contribution in [2.45, 2.75) is 13.8 Å². The number of ether oxygens (including phenoxy) is 2. The molecule has 0 spiro atoms. The van der Waals surface area contributed by atoms with E-state index in [1.54, 1.807) is 44.2 Å². The van der Waals surface area contributed by atoms with Crippen LogP contribution in [0.4, 0.5) is 0 Å². The number of carbonyl (C=O) groups excluding carboxylic acids is 2. The van der Waals surface area contributed by atoms with Gasteiger partial charge in [0.05, 0.1) is 25.0 Å². The Labute approximate surface area is 133 Å². The van der Waals surface area contributed by atoms with Gasteiger partial charge in [-0.2, -0.15) is 0 Å². The Hall–Kier alpha value is -2.89. The second-order valence-corrected chi connectivity index (χ2v) is 4.78. The minimum Gasteiger partial charge on any atom is -0.505 e. The monoisotopic (exact) mass is 315 g/mol. The third-order valence-corrected chi connectivity index (χ3v) is 3.24. The zero-order valence-electron chi connectivity index (χ0n) is 13.1. The summed E-state index contributed by atoms with van der Waals surface area (Å²) in [5.41, 5.74) is 1.90. The summed E-state index contributed by atoms with van der Waals surface area (Å²) in [6, 6.07) is 6.60. The zero-order chi connectivity index (χ0) is 17.0. The third kappa shape index (κ3) is 3.48. The molecule has 1 aromatic rings. The fourth-order valence-electron chi connectivity index (χ4n) is 2.13. The molecule has 0 radical (unpaired) electrons. The number of hydrogen-bond donors (Lipinski definition) is 1. The van der Waals surface area contributed by atoms with Gasteiger partial charge in [-0.3, -0.25) is 0 Å². The van der Waals surface area contributed by atoms with Crippen LogP contribution in [0.15, 0.2) is 46.3 Å². The van der Waals surface area contributed by atoms with E-state index in [9.17, 15) is 14.7 Å². The van der Waals surface area contributed by atoms with E-state index in [4.69, 9.17) is 4.74 Å². The van der Waals surface area contributed by atoms with E-state index in [2.05, 4.69) is 9.73 Å². The number of hydrogen-bond acceptors (Lipinski definition) is 6. The number of benzene rings is 1. The number of carbonyl (C=O) groups is 2. The number of aliphatic hydroxyl groups is 1. The average molecular weight is 315 g/mol. The number of nitrogens with zero attached hydrogens (tertiary/aromatic N) is 1. The molecule has 0 saturated heterocycles. The predicted octanol–water partition coefficient (Wildman–Crippen LogP) is 2.66. The van der Waals surface area contributed by atoms with Crippen LogP contribution in [0.3, 0.4) is 0 Å². The summed E-state index contributed by atoms with van der Waals surface area (Å²) in [5, 5.41) is 10.2. The van der Waals surface area contributed by atoms with Gasteiger partial charge in [0.15, 0.2) is 5.76 Å². The largest absolute Gasteiger partial charge is 0.505 e. The molecule has 23 heavy (non-hydrogen) atoms. The number of aliphatic imine (C=N–C) groups is 1. The smallest absolute Gasteiger partial charge is 0.343 e. The standard InChI is InChI=1S/C17H17NO5/c1-4-23-17(21)14-10(2)18-13(15(14)19)9-11-5-7-12(8-6-11)16(20)22-3/h5-9,19H,4H2,1-3H3. The lowest BCUT2D eigenvalue weighted by Crippen LogP contribution is -2.13. The molecule has 1 heterocycles. The fraction of sp³-hybridized carbons (Fsp3) is 0.235. The summed E-state index contributed by atoms with van der Waals surface area (Å²) >= 11 is 0. The molecule has 0 fully saturated rings. The van der Waals surface area contributed by atoms with Crippen molar-refractivity contribution in [1.82, 2.24) is 0 Å². The van der Waals surface area contributed by atoms with E-state index in [1.165, 1.54) is 7.11 Å². The van der Waals surface area contributed by atoms with Gasteiger partial charge in [-0.1, -0.05) is 12.1 Å². The third-order valence-electron chi connectivity index (χ3n) is 3.24. The predicted molar refractivity (Wildman–Crippen MR) is 85.2 cm³/mol. The van der Waals surface area contributed by atoms with Crippen molar-refractivity contribution >= 4 is 23.7 Å². The summed E-state index contributed by atoms with van der Waals surface area (Å²) in [6.07, 6.45) is 1.62. The molecule has 0 unspecified atom stereocenters. The second kappa shape index (κ2) is 6.91. The van der Waals surface area contributed by atoms with Gasteiger partial charge in [0.25, 0.3) is 0 Å². The van der Waals surface area contributed by atoms with Gasteiger partial charge in [0, 0.05) is 0 Å². The summed E-state index contributed by atoms with van der Waals surface area (Å²) in [5.74, 6) is -1.24. The average Bonchev–Trinajstić information content (AvgIpc) is 2.81. The summed E-state index contributed by atoms with van der Waals surface area (Å²) in [6.45, 7) is 3.54. The lowest BCUT2D eigenvalue weighted by molar-refractivity contribution is -0.138. The maximum atomic E-state index is 11.8. The van der Waals surface area contributed by atoms with E-state index in [1.807, 2.05) is 0 Å². The van der Waals surface area contributed by atoms with Crippen molar-refractivity contribution in [2.24, 2.45) is 4.99 Å². The highest BCUT2D eigenvalue weighted by Crippen LogP contribution is 2.26. The topological polar surface area (TPSA) is 85.2 Å². The normalized spacial score (nSPS) is 15.6. The van der Waals surface area contributed by atoms with Crippen molar-refractivity contribution < 1.29 is 24.2 Å². The lowest BCUT2D eigenvalue weighted by atomic mass is 10.1. The maximum absolute atomic E-state index is 11.8.